The lowest BCUT2D eigenvalue weighted by Crippen LogP contribution is -2.33. The van der Waals surface area contributed by atoms with E-state index in [1.165, 1.54) is 0 Å². The van der Waals surface area contributed by atoms with E-state index in [2.05, 4.69) is 20.6 Å². The second-order valence-corrected chi connectivity index (χ2v) is 5.66. The highest BCUT2D eigenvalue weighted by molar-refractivity contribution is 14.0. The molecule has 0 saturated carbocycles. The number of nitrogens with two attached hydrogens (primary N) is 1. The van der Waals surface area contributed by atoms with E-state index < -0.39 is 0 Å². The summed E-state index contributed by atoms with van der Waals surface area (Å²) in [5.41, 5.74) is 8.48. The van der Waals surface area contributed by atoms with Gasteiger partial charge in [0, 0.05) is 37.0 Å². The fourth-order valence-corrected chi connectivity index (χ4v) is 2.25. The molecule has 0 aliphatic carbocycles. The van der Waals surface area contributed by atoms with Crippen LogP contribution in [0.4, 0.5) is 0 Å². The van der Waals surface area contributed by atoms with Crippen LogP contribution in [0.3, 0.4) is 0 Å². The average Bonchev–Trinajstić information content (AvgIpc) is 2.65. The number of hydrogen-bond donors (Lipinski definition) is 3. The molecule has 0 bridgehead atoms. The van der Waals surface area contributed by atoms with Crippen LogP contribution in [0.15, 0.2) is 53.7 Å². The summed E-state index contributed by atoms with van der Waals surface area (Å²) >= 11 is 0. The molecule has 1 amide bonds. The number of pyridine rings is 1. The number of hydrogen-bond acceptors (Lipinski definition) is 3. The van der Waals surface area contributed by atoms with Crippen LogP contribution in [0.1, 0.15) is 35.0 Å². The molecule has 1 aromatic carbocycles. The van der Waals surface area contributed by atoms with Crippen molar-refractivity contribution in [3.63, 3.8) is 0 Å². The van der Waals surface area contributed by atoms with Crippen LogP contribution in [-0.4, -0.2) is 29.9 Å². The first-order valence-corrected chi connectivity index (χ1v) is 8.50. The number of guanidine groups is 1. The third-order valence-corrected chi connectivity index (χ3v) is 3.57. The van der Waals surface area contributed by atoms with Gasteiger partial charge in [0.05, 0.1) is 6.54 Å². The quantitative estimate of drug-likeness (QED) is 0.316. The second kappa shape index (κ2) is 12.2. The zero-order valence-corrected chi connectivity index (χ0v) is 17.3. The minimum absolute atomic E-state index is 0. The van der Waals surface area contributed by atoms with Gasteiger partial charge >= 0.3 is 0 Å². The van der Waals surface area contributed by atoms with Crippen LogP contribution < -0.4 is 16.4 Å². The van der Waals surface area contributed by atoms with Crippen molar-refractivity contribution in [2.45, 2.75) is 26.3 Å². The predicted molar refractivity (Wildman–Crippen MR) is 116 cm³/mol. The second-order valence-electron chi connectivity index (χ2n) is 5.66. The van der Waals surface area contributed by atoms with Gasteiger partial charge in [-0.15, -0.1) is 24.0 Å². The predicted octanol–water partition coefficient (Wildman–Crippen LogP) is 2.49. The third kappa shape index (κ3) is 7.81. The molecule has 2 rings (SSSR count). The van der Waals surface area contributed by atoms with E-state index in [-0.39, 0.29) is 29.9 Å². The fraction of sp³-hybridized carbons (Fsp3) is 0.316. The van der Waals surface area contributed by atoms with Crippen molar-refractivity contribution >= 4 is 35.8 Å². The molecule has 0 aliphatic heterocycles. The van der Waals surface area contributed by atoms with E-state index in [1.54, 1.807) is 12.3 Å². The molecule has 0 radical (unpaired) electrons. The van der Waals surface area contributed by atoms with E-state index in [0.29, 0.717) is 31.2 Å². The van der Waals surface area contributed by atoms with Gasteiger partial charge in [0.15, 0.2) is 5.96 Å². The van der Waals surface area contributed by atoms with Crippen molar-refractivity contribution in [1.29, 1.82) is 0 Å². The molecule has 4 N–H and O–H groups in total. The maximum atomic E-state index is 12.0. The molecular formula is C19H26IN5O. The van der Waals surface area contributed by atoms with Gasteiger partial charge in [-0.2, -0.15) is 0 Å². The van der Waals surface area contributed by atoms with Crippen LogP contribution in [-0.2, 0) is 13.0 Å². The van der Waals surface area contributed by atoms with E-state index >= 15 is 0 Å². The first-order chi connectivity index (χ1) is 12.2. The topological polar surface area (TPSA) is 92.4 Å². The minimum Gasteiger partial charge on any atom is -0.370 e. The summed E-state index contributed by atoms with van der Waals surface area (Å²) in [6.07, 6.45) is 3.47. The number of nitrogens with one attached hydrogen (secondary N) is 2. The van der Waals surface area contributed by atoms with Gasteiger partial charge in [-0.25, -0.2) is 4.99 Å². The highest BCUT2D eigenvalue weighted by Gasteiger charge is 2.05. The SMILES string of the molecule is CCCNC(=O)c1cccc(CN=C(N)NCCc2ccccn2)c1.I. The zero-order chi connectivity index (χ0) is 17.9. The molecule has 26 heavy (non-hydrogen) atoms. The van der Waals surface area contributed by atoms with Crippen LogP contribution >= 0.6 is 24.0 Å². The van der Waals surface area contributed by atoms with Gasteiger partial charge in [0.25, 0.3) is 5.91 Å². The van der Waals surface area contributed by atoms with Crippen molar-refractivity contribution in [3.8, 4) is 0 Å². The minimum atomic E-state index is -0.0610. The molecule has 1 heterocycles. The summed E-state index contributed by atoms with van der Waals surface area (Å²) in [6, 6.07) is 13.3. The van der Waals surface area contributed by atoms with E-state index in [4.69, 9.17) is 5.73 Å². The van der Waals surface area contributed by atoms with Crippen molar-refractivity contribution in [2.75, 3.05) is 13.1 Å². The summed E-state index contributed by atoms with van der Waals surface area (Å²) in [7, 11) is 0. The number of aliphatic imine (C=N–C) groups is 1. The monoisotopic (exact) mass is 467 g/mol. The molecule has 1 aromatic heterocycles. The summed E-state index contributed by atoms with van der Waals surface area (Å²) in [5.74, 6) is 0.325. The third-order valence-electron chi connectivity index (χ3n) is 3.57. The summed E-state index contributed by atoms with van der Waals surface area (Å²) < 4.78 is 0. The molecule has 0 aliphatic rings. The molecule has 140 valence electrons. The molecule has 0 unspecified atom stereocenters. The van der Waals surface area contributed by atoms with Gasteiger partial charge in [-0.1, -0.05) is 25.1 Å². The fourth-order valence-electron chi connectivity index (χ4n) is 2.25. The van der Waals surface area contributed by atoms with Crippen LogP contribution in [0.25, 0.3) is 0 Å². The van der Waals surface area contributed by atoms with E-state index in [1.807, 2.05) is 43.3 Å². The highest BCUT2D eigenvalue weighted by Crippen LogP contribution is 2.06. The number of rotatable bonds is 8. The van der Waals surface area contributed by atoms with Gasteiger partial charge in [-0.05, 0) is 36.2 Å². The smallest absolute Gasteiger partial charge is 0.251 e. The van der Waals surface area contributed by atoms with Gasteiger partial charge in [0.1, 0.15) is 0 Å². The summed E-state index contributed by atoms with van der Waals surface area (Å²) in [4.78, 5) is 20.6. The number of carbonyl (C=O) groups is 1. The maximum absolute atomic E-state index is 12.0. The van der Waals surface area contributed by atoms with E-state index in [0.717, 1.165) is 24.1 Å². The lowest BCUT2D eigenvalue weighted by molar-refractivity contribution is 0.0953. The Morgan fingerprint density at radius 2 is 2.00 bits per heavy atom. The van der Waals surface area contributed by atoms with Crippen LogP contribution in [0.2, 0.25) is 0 Å². The molecule has 6 nitrogen and oxygen atoms in total. The number of benzene rings is 1. The van der Waals surface area contributed by atoms with Crippen LogP contribution in [0, 0.1) is 0 Å². The molecule has 0 spiro atoms. The number of amides is 1. The maximum Gasteiger partial charge on any atom is 0.251 e. The number of nitrogens with zero attached hydrogens (tertiary/aromatic N) is 2. The van der Waals surface area contributed by atoms with Crippen molar-refractivity contribution in [2.24, 2.45) is 10.7 Å². The van der Waals surface area contributed by atoms with Crippen molar-refractivity contribution < 1.29 is 4.79 Å². The molecular weight excluding hydrogens is 441 g/mol. The van der Waals surface area contributed by atoms with Crippen LogP contribution in [0.5, 0.6) is 0 Å². The van der Waals surface area contributed by atoms with E-state index in [9.17, 15) is 4.79 Å². The Kier molecular flexibility index (Phi) is 10.3. The summed E-state index contributed by atoms with van der Waals surface area (Å²) in [5, 5.41) is 5.94. The zero-order valence-electron chi connectivity index (χ0n) is 14.9. The first kappa shape index (κ1) is 21.9. The Bertz CT molecular complexity index is 706. The lowest BCUT2D eigenvalue weighted by Gasteiger charge is -2.07. The first-order valence-electron chi connectivity index (χ1n) is 8.50. The lowest BCUT2D eigenvalue weighted by atomic mass is 10.1. The number of carbonyl (C=O) groups excluding carboxylic acids is 1. The standard InChI is InChI=1S/C19H25N5O.HI/c1-2-10-22-18(25)16-7-5-6-15(13-16)14-24-19(20)23-12-9-17-8-3-4-11-21-17;/h3-8,11,13H,2,9-10,12,14H2,1H3,(H,22,25)(H3,20,23,24);1H. The normalized spacial score (nSPS) is 10.7. The Balaban J connectivity index is 0.00000338. The molecule has 0 atom stereocenters. The molecule has 2 aromatic rings. The van der Waals surface area contributed by atoms with Crippen molar-refractivity contribution in [1.82, 2.24) is 15.6 Å². The van der Waals surface area contributed by atoms with Gasteiger partial charge < -0.3 is 16.4 Å². The number of halogens is 1. The Morgan fingerprint density at radius 1 is 1.15 bits per heavy atom. The largest absolute Gasteiger partial charge is 0.370 e. The highest BCUT2D eigenvalue weighted by atomic mass is 127. The Morgan fingerprint density at radius 3 is 2.73 bits per heavy atom. The molecule has 0 fully saturated rings. The Hall–Kier alpha value is -2.16. The molecule has 7 heteroatoms. The van der Waals surface area contributed by atoms with Gasteiger partial charge in [0.2, 0.25) is 0 Å². The number of aromatic nitrogens is 1. The Labute approximate surface area is 171 Å². The van der Waals surface area contributed by atoms with Gasteiger partial charge in [-0.3, -0.25) is 9.78 Å². The average molecular weight is 467 g/mol. The summed E-state index contributed by atoms with van der Waals surface area (Å²) in [6.45, 7) is 3.80. The molecule has 0 saturated heterocycles. The van der Waals surface area contributed by atoms with Crippen molar-refractivity contribution in [3.05, 3.63) is 65.5 Å².